The van der Waals surface area contributed by atoms with Crippen LogP contribution in [0.5, 0.6) is 0 Å². The number of nitrogens with zero attached hydrogens (tertiary/aromatic N) is 3. The van der Waals surface area contributed by atoms with Crippen LogP contribution < -0.4 is 10.9 Å². The number of rotatable bonds is 7. The molecular weight excluding hydrogens is 472 g/mol. The highest BCUT2D eigenvalue weighted by Gasteiger charge is 2.22. The summed E-state index contributed by atoms with van der Waals surface area (Å²) in [5.41, 5.74) is 3.03. The third-order valence-corrected chi connectivity index (χ3v) is 8.70. The molecule has 0 radical (unpaired) electrons. The molecule has 4 aromatic rings. The molecule has 0 spiro atoms. The first-order valence-electron chi connectivity index (χ1n) is 10.6. The molecule has 0 atom stereocenters. The molecule has 3 heterocycles. The Morgan fingerprint density at radius 1 is 1.18 bits per heavy atom. The van der Waals surface area contributed by atoms with Gasteiger partial charge in [0.25, 0.3) is 5.56 Å². The highest BCUT2D eigenvalue weighted by molar-refractivity contribution is 7.99. The van der Waals surface area contributed by atoms with E-state index >= 15 is 0 Å². The van der Waals surface area contributed by atoms with E-state index in [0.717, 1.165) is 51.5 Å². The van der Waals surface area contributed by atoms with Crippen LogP contribution in [-0.2, 0) is 30.4 Å². The number of carbonyl (C=O) groups is 1. The van der Waals surface area contributed by atoms with Crippen LogP contribution in [0.25, 0.3) is 10.2 Å². The quantitative estimate of drug-likeness (QED) is 0.291. The smallest absolute Gasteiger partial charge is 0.262 e. The molecule has 1 aliphatic carbocycles. The lowest BCUT2D eigenvalue weighted by molar-refractivity contribution is -0.113. The number of thioether (sulfide) groups is 2. The molecule has 3 aromatic heterocycles. The van der Waals surface area contributed by atoms with Gasteiger partial charge in [-0.15, -0.1) is 23.1 Å². The van der Waals surface area contributed by atoms with Crippen LogP contribution in [0.3, 0.4) is 0 Å². The van der Waals surface area contributed by atoms with Gasteiger partial charge in [-0.05, 0) is 54.7 Å². The lowest BCUT2D eigenvalue weighted by Crippen LogP contribution is -2.21. The number of hydrogen-bond donors (Lipinski definition) is 1. The minimum atomic E-state index is -0.127. The lowest BCUT2D eigenvalue weighted by atomic mass is 10.2. The second kappa shape index (κ2) is 9.70. The van der Waals surface area contributed by atoms with Crippen LogP contribution in [0.4, 0.5) is 5.69 Å². The molecule has 1 aromatic carbocycles. The van der Waals surface area contributed by atoms with E-state index in [0.29, 0.717) is 5.16 Å². The minimum Gasteiger partial charge on any atom is -0.325 e. The molecule has 1 amide bonds. The maximum Gasteiger partial charge on any atom is 0.262 e. The summed E-state index contributed by atoms with van der Waals surface area (Å²) in [6, 6.07) is 13.7. The summed E-state index contributed by atoms with van der Waals surface area (Å²) < 4.78 is 1.57. The number of thiophene rings is 1. The minimum absolute atomic E-state index is 0.0135. The van der Waals surface area contributed by atoms with Crippen molar-refractivity contribution in [1.29, 1.82) is 0 Å². The second-order valence-corrected chi connectivity index (χ2v) is 10.8. The summed E-state index contributed by atoms with van der Waals surface area (Å²) in [5, 5.41) is 5.26. The standard InChI is InChI=1S/C24H22N4O2S3/c1-28-23(30)21-17-8-5-9-18(17)33-22(21)27-24(28)32-14-19(29)26-16-7-4-6-15(12-16)13-31-20-10-2-3-11-25-20/h2-4,6-7,10-12H,5,8-9,13-14H2,1H3,(H,26,29). The zero-order valence-corrected chi connectivity index (χ0v) is 20.5. The van der Waals surface area contributed by atoms with Crippen molar-refractivity contribution in [1.82, 2.24) is 14.5 Å². The number of fused-ring (bicyclic) bond motifs is 3. The molecule has 168 valence electrons. The highest BCUT2D eigenvalue weighted by Crippen LogP contribution is 2.35. The van der Waals surface area contributed by atoms with E-state index in [2.05, 4.69) is 10.3 Å². The molecule has 0 fully saturated rings. The van der Waals surface area contributed by atoms with Crippen molar-refractivity contribution < 1.29 is 4.79 Å². The Kier molecular flexibility index (Phi) is 6.52. The SMILES string of the molecule is Cn1c(SCC(=O)Nc2cccc(CSc3ccccn3)c2)nc2sc3c(c2c1=O)CCC3. The van der Waals surface area contributed by atoms with E-state index in [9.17, 15) is 9.59 Å². The van der Waals surface area contributed by atoms with Gasteiger partial charge in [-0.1, -0.05) is 30.0 Å². The van der Waals surface area contributed by atoms with Gasteiger partial charge in [-0.25, -0.2) is 9.97 Å². The van der Waals surface area contributed by atoms with Gasteiger partial charge in [0.15, 0.2) is 5.16 Å². The lowest BCUT2D eigenvalue weighted by Gasteiger charge is -2.09. The predicted octanol–water partition coefficient (Wildman–Crippen LogP) is 4.90. The van der Waals surface area contributed by atoms with Crippen molar-refractivity contribution in [3.8, 4) is 0 Å². The summed E-state index contributed by atoms with van der Waals surface area (Å²) in [6.07, 6.45) is 4.88. The summed E-state index contributed by atoms with van der Waals surface area (Å²) in [5.74, 6) is 0.827. The van der Waals surface area contributed by atoms with E-state index in [1.54, 1.807) is 40.9 Å². The topological polar surface area (TPSA) is 76.9 Å². The Labute approximate surface area is 203 Å². The van der Waals surface area contributed by atoms with Crippen LogP contribution in [0.2, 0.25) is 0 Å². The largest absolute Gasteiger partial charge is 0.325 e. The van der Waals surface area contributed by atoms with E-state index < -0.39 is 0 Å². The second-order valence-electron chi connectivity index (χ2n) is 7.79. The molecular formula is C24H22N4O2S3. The summed E-state index contributed by atoms with van der Waals surface area (Å²) in [4.78, 5) is 36.6. The molecule has 9 heteroatoms. The van der Waals surface area contributed by atoms with Crippen LogP contribution in [-0.4, -0.2) is 26.2 Å². The first kappa shape index (κ1) is 22.2. The van der Waals surface area contributed by atoms with Crippen LogP contribution >= 0.6 is 34.9 Å². The van der Waals surface area contributed by atoms with Crippen LogP contribution in [0.15, 0.2) is 63.6 Å². The monoisotopic (exact) mass is 494 g/mol. The van der Waals surface area contributed by atoms with E-state index in [1.807, 2.05) is 42.5 Å². The number of hydrogen-bond acceptors (Lipinski definition) is 7. The van der Waals surface area contributed by atoms with Crippen molar-refractivity contribution in [2.24, 2.45) is 7.05 Å². The van der Waals surface area contributed by atoms with E-state index in [4.69, 9.17) is 4.98 Å². The molecule has 33 heavy (non-hydrogen) atoms. The van der Waals surface area contributed by atoms with E-state index in [-0.39, 0.29) is 17.2 Å². The fraction of sp³-hybridized carbons (Fsp3) is 0.250. The highest BCUT2D eigenvalue weighted by atomic mass is 32.2. The summed E-state index contributed by atoms with van der Waals surface area (Å²) in [6.45, 7) is 0. The summed E-state index contributed by atoms with van der Waals surface area (Å²) in [7, 11) is 1.73. The number of benzene rings is 1. The molecule has 0 saturated heterocycles. The van der Waals surface area contributed by atoms with Crippen molar-refractivity contribution >= 4 is 56.7 Å². The van der Waals surface area contributed by atoms with Gasteiger partial charge in [0.1, 0.15) is 4.83 Å². The molecule has 1 N–H and O–H groups in total. The third kappa shape index (κ3) is 4.85. The summed E-state index contributed by atoms with van der Waals surface area (Å²) >= 11 is 4.56. The van der Waals surface area contributed by atoms with Crippen LogP contribution in [0.1, 0.15) is 22.4 Å². The number of nitrogens with one attached hydrogen (secondary N) is 1. The number of aromatic nitrogens is 3. The van der Waals surface area contributed by atoms with Crippen molar-refractivity contribution in [2.75, 3.05) is 11.1 Å². The number of pyridine rings is 1. The van der Waals surface area contributed by atoms with Crippen molar-refractivity contribution in [3.05, 3.63) is 75.0 Å². The first-order valence-corrected chi connectivity index (χ1v) is 13.4. The average molecular weight is 495 g/mol. The normalized spacial score (nSPS) is 12.8. The van der Waals surface area contributed by atoms with Crippen LogP contribution in [0, 0.1) is 0 Å². The maximum absolute atomic E-state index is 12.9. The fourth-order valence-electron chi connectivity index (χ4n) is 3.89. The average Bonchev–Trinajstić information content (AvgIpc) is 3.41. The molecule has 0 aliphatic heterocycles. The zero-order chi connectivity index (χ0) is 22.8. The number of aryl methyl sites for hydroxylation is 2. The van der Waals surface area contributed by atoms with Gasteiger partial charge in [0.05, 0.1) is 16.2 Å². The Hall–Kier alpha value is -2.62. The number of anilines is 1. The molecule has 0 unspecified atom stereocenters. The predicted molar refractivity (Wildman–Crippen MR) is 136 cm³/mol. The van der Waals surface area contributed by atoms with Gasteiger partial charge in [0, 0.05) is 29.6 Å². The Morgan fingerprint density at radius 2 is 2.09 bits per heavy atom. The molecule has 0 bridgehead atoms. The van der Waals surface area contributed by atoms with Gasteiger partial charge in [-0.3, -0.25) is 14.2 Å². The van der Waals surface area contributed by atoms with Gasteiger partial charge in [-0.2, -0.15) is 0 Å². The molecule has 5 rings (SSSR count). The van der Waals surface area contributed by atoms with E-state index in [1.165, 1.54) is 22.2 Å². The number of amides is 1. The van der Waals surface area contributed by atoms with Gasteiger partial charge < -0.3 is 5.32 Å². The fourth-order valence-corrected chi connectivity index (χ4v) is 6.77. The van der Waals surface area contributed by atoms with Crippen molar-refractivity contribution in [3.63, 3.8) is 0 Å². The Bertz CT molecular complexity index is 1380. The molecule has 6 nitrogen and oxygen atoms in total. The first-order chi connectivity index (χ1) is 16.1. The third-order valence-electron chi connectivity index (χ3n) is 5.47. The Morgan fingerprint density at radius 3 is 2.94 bits per heavy atom. The maximum atomic E-state index is 12.9. The molecule has 0 saturated carbocycles. The van der Waals surface area contributed by atoms with Crippen molar-refractivity contribution in [2.45, 2.75) is 35.2 Å². The zero-order valence-electron chi connectivity index (χ0n) is 18.0. The van der Waals surface area contributed by atoms with Gasteiger partial charge in [0.2, 0.25) is 5.91 Å². The Balaban J connectivity index is 1.23. The number of carbonyl (C=O) groups excluding carboxylic acids is 1. The van der Waals surface area contributed by atoms with Gasteiger partial charge >= 0.3 is 0 Å². The molecule has 1 aliphatic rings.